The number of ether oxygens (including phenoxy) is 1. The molecule has 3 N–H and O–H groups in total. The smallest absolute Gasteiger partial charge is 0.212 e. The number of nitrogens with zero attached hydrogens (tertiary/aromatic N) is 2. The predicted molar refractivity (Wildman–Crippen MR) is 116 cm³/mol. The maximum atomic E-state index is 10.9. The number of hydrogen-bond donors (Lipinski definition) is 2. The molecule has 6 heteroatoms. The SMILES string of the molecule is CC(C)(N)COCc1cccc(C2=CCC(NC=O)=NN2C2=CCC=CC=C2)c1. The molecule has 3 rings (SSSR count). The Morgan fingerprint density at radius 1 is 1.31 bits per heavy atom. The molecule has 0 saturated heterocycles. The number of benzene rings is 1. The standard InChI is InChI=1S/C23H28N4O2/c1-23(2,24)16-29-15-18-8-7-9-19(14-18)21-12-13-22(25-17-28)26-27(21)20-10-5-3-4-6-11-20/h3-5,7-12,14,17H,6,13,15-16,24H2,1-2H3,(H,25,26,28). The van der Waals surface area contributed by atoms with E-state index in [1.165, 1.54) is 0 Å². The van der Waals surface area contributed by atoms with Crippen LogP contribution in [0.2, 0.25) is 0 Å². The zero-order valence-corrected chi connectivity index (χ0v) is 17.0. The highest BCUT2D eigenvalue weighted by Gasteiger charge is 2.20. The van der Waals surface area contributed by atoms with Crippen molar-refractivity contribution in [3.8, 4) is 0 Å². The molecule has 1 heterocycles. The number of amidine groups is 1. The van der Waals surface area contributed by atoms with Crippen molar-refractivity contribution in [2.45, 2.75) is 38.8 Å². The summed E-state index contributed by atoms with van der Waals surface area (Å²) in [6.45, 7) is 4.87. The highest BCUT2D eigenvalue weighted by Crippen LogP contribution is 2.30. The first-order valence-electron chi connectivity index (χ1n) is 9.73. The van der Waals surface area contributed by atoms with Gasteiger partial charge in [-0.2, -0.15) is 5.10 Å². The average Bonchev–Trinajstić information content (AvgIpc) is 2.97. The fourth-order valence-corrected chi connectivity index (χ4v) is 3.07. The number of nitrogens with one attached hydrogen (secondary N) is 1. The number of hydrazone groups is 1. The molecule has 0 bridgehead atoms. The van der Waals surface area contributed by atoms with Crippen molar-refractivity contribution in [1.82, 2.24) is 10.3 Å². The van der Waals surface area contributed by atoms with Crippen LogP contribution in [0.1, 0.15) is 37.8 Å². The van der Waals surface area contributed by atoms with E-state index in [9.17, 15) is 4.79 Å². The molecule has 0 unspecified atom stereocenters. The fourth-order valence-electron chi connectivity index (χ4n) is 3.07. The lowest BCUT2D eigenvalue weighted by Gasteiger charge is -2.28. The van der Waals surface area contributed by atoms with E-state index in [1.807, 2.05) is 49.2 Å². The van der Waals surface area contributed by atoms with Gasteiger partial charge in [0.25, 0.3) is 0 Å². The van der Waals surface area contributed by atoms with Crippen LogP contribution in [0, 0.1) is 0 Å². The molecule has 0 fully saturated rings. The van der Waals surface area contributed by atoms with Crippen LogP contribution in [0.4, 0.5) is 0 Å². The minimum atomic E-state index is -0.358. The Balaban J connectivity index is 1.84. The van der Waals surface area contributed by atoms with Gasteiger partial charge in [0.1, 0.15) is 5.84 Å². The van der Waals surface area contributed by atoms with Gasteiger partial charge in [0.05, 0.1) is 24.6 Å². The molecule has 1 aromatic carbocycles. The second kappa shape index (κ2) is 9.49. The van der Waals surface area contributed by atoms with Crippen LogP contribution >= 0.6 is 0 Å². The van der Waals surface area contributed by atoms with Crippen molar-refractivity contribution in [2.24, 2.45) is 10.8 Å². The second-order valence-corrected chi connectivity index (χ2v) is 7.75. The molecule has 1 aliphatic carbocycles. The Bertz CT molecular complexity index is 888. The third kappa shape index (κ3) is 6.01. The van der Waals surface area contributed by atoms with Crippen LogP contribution in [0.3, 0.4) is 0 Å². The van der Waals surface area contributed by atoms with Crippen LogP contribution in [0.25, 0.3) is 5.70 Å². The Morgan fingerprint density at radius 3 is 2.97 bits per heavy atom. The summed E-state index contributed by atoms with van der Waals surface area (Å²) in [7, 11) is 0. The summed E-state index contributed by atoms with van der Waals surface area (Å²) in [4.78, 5) is 10.9. The van der Waals surface area contributed by atoms with Crippen molar-refractivity contribution in [1.29, 1.82) is 0 Å². The molecule has 0 saturated carbocycles. The monoisotopic (exact) mass is 392 g/mol. The van der Waals surface area contributed by atoms with Gasteiger partial charge < -0.3 is 15.8 Å². The van der Waals surface area contributed by atoms with Crippen LogP contribution in [-0.4, -0.2) is 29.4 Å². The molecule has 0 aromatic heterocycles. The molecular weight excluding hydrogens is 364 g/mol. The van der Waals surface area contributed by atoms with Crippen molar-refractivity contribution in [2.75, 3.05) is 6.61 Å². The Morgan fingerprint density at radius 2 is 2.17 bits per heavy atom. The quantitative estimate of drug-likeness (QED) is 0.697. The molecule has 2 aliphatic rings. The van der Waals surface area contributed by atoms with Crippen LogP contribution < -0.4 is 11.1 Å². The highest BCUT2D eigenvalue weighted by molar-refractivity contribution is 5.94. The Labute approximate surface area is 172 Å². The lowest BCUT2D eigenvalue weighted by atomic mass is 10.1. The number of nitrogens with two attached hydrogens (primary N) is 1. The summed E-state index contributed by atoms with van der Waals surface area (Å²) in [6.07, 6.45) is 14.3. The van der Waals surface area contributed by atoms with Crippen LogP contribution in [-0.2, 0) is 16.1 Å². The van der Waals surface area contributed by atoms with Crippen molar-refractivity contribution < 1.29 is 9.53 Å². The minimum absolute atomic E-state index is 0.358. The van der Waals surface area contributed by atoms with Gasteiger partial charge in [-0.3, -0.25) is 4.79 Å². The Kier molecular flexibility index (Phi) is 6.80. The predicted octanol–water partition coefficient (Wildman–Crippen LogP) is 3.45. The molecule has 152 valence electrons. The van der Waals surface area contributed by atoms with E-state index < -0.39 is 0 Å². The Hall–Kier alpha value is -2.96. The molecular formula is C23H28N4O2. The zero-order valence-electron chi connectivity index (χ0n) is 17.0. The summed E-state index contributed by atoms with van der Waals surface area (Å²) in [5, 5.41) is 9.22. The van der Waals surface area contributed by atoms with Gasteiger partial charge in [-0.05, 0) is 38.0 Å². The molecule has 1 amide bonds. The molecule has 0 atom stereocenters. The number of carbonyl (C=O) groups is 1. The molecule has 6 nitrogen and oxygen atoms in total. The second-order valence-electron chi connectivity index (χ2n) is 7.75. The summed E-state index contributed by atoms with van der Waals surface area (Å²) in [5.41, 5.74) is 9.67. The van der Waals surface area contributed by atoms with Gasteiger partial charge in [0.2, 0.25) is 6.41 Å². The summed E-state index contributed by atoms with van der Waals surface area (Å²) >= 11 is 0. The molecule has 1 aromatic rings. The van der Waals surface area contributed by atoms with E-state index in [1.54, 1.807) is 0 Å². The number of allylic oxidation sites excluding steroid dienone is 5. The molecule has 0 radical (unpaired) electrons. The normalized spacial score (nSPS) is 16.7. The highest BCUT2D eigenvalue weighted by atomic mass is 16.5. The molecule has 1 aliphatic heterocycles. The maximum absolute atomic E-state index is 10.9. The van der Waals surface area contributed by atoms with E-state index in [2.05, 4.69) is 40.8 Å². The topological polar surface area (TPSA) is 79.9 Å². The average molecular weight is 393 g/mol. The minimum Gasteiger partial charge on any atom is -0.375 e. The summed E-state index contributed by atoms with van der Waals surface area (Å²) in [6, 6.07) is 8.22. The van der Waals surface area contributed by atoms with Gasteiger partial charge in [0, 0.05) is 17.5 Å². The zero-order chi connectivity index (χ0) is 20.7. The van der Waals surface area contributed by atoms with Crippen molar-refractivity contribution >= 4 is 17.9 Å². The first kappa shape index (κ1) is 20.8. The maximum Gasteiger partial charge on any atom is 0.212 e. The lowest BCUT2D eigenvalue weighted by Crippen LogP contribution is -2.37. The van der Waals surface area contributed by atoms with Gasteiger partial charge in [-0.1, -0.05) is 48.6 Å². The largest absolute Gasteiger partial charge is 0.375 e. The van der Waals surface area contributed by atoms with Crippen molar-refractivity contribution in [3.05, 3.63) is 77.5 Å². The van der Waals surface area contributed by atoms with Gasteiger partial charge in [0.15, 0.2) is 0 Å². The van der Waals surface area contributed by atoms with Gasteiger partial charge in [-0.15, -0.1) is 0 Å². The number of hydrogen-bond acceptors (Lipinski definition) is 5. The molecule has 0 spiro atoms. The first-order chi connectivity index (χ1) is 14.0. The summed E-state index contributed by atoms with van der Waals surface area (Å²) in [5.74, 6) is 0.611. The van der Waals surface area contributed by atoms with E-state index in [-0.39, 0.29) is 5.54 Å². The summed E-state index contributed by atoms with van der Waals surface area (Å²) < 4.78 is 5.77. The third-order valence-corrected chi connectivity index (χ3v) is 4.35. The van der Waals surface area contributed by atoms with Gasteiger partial charge in [-0.25, -0.2) is 5.01 Å². The van der Waals surface area contributed by atoms with Crippen LogP contribution in [0.15, 0.2) is 71.5 Å². The van der Waals surface area contributed by atoms with E-state index in [0.717, 1.165) is 28.9 Å². The van der Waals surface area contributed by atoms with Gasteiger partial charge >= 0.3 is 0 Å². The fraction of sp³-hybridized carbons (Fsp3) is 0.304. The first-order valence-corrected chi connectivity index (χ1v) is 9.73. The number of amides is 1. The third-order valence-electron chi connectivity index (χ3n) is 4.35. The number of rotatable bonds is 7. The van der Waals surface area contributed by atoms with Crippen LogP contribution in [0.5, 0.6) is 0 Å². The number of carbonyl (C=O) groups excluding carboxylic acids is 1. The van der Waals surface area contributed by atoms with E-state index in [0.29, 0.717) is 31.9 Å². The molecule has 29 heavy (non-hydrogen) atoms. The van der Waals surface area contributed by atoms with E-state index >= 15 is 0 Å². The van der Waals surface area contributed by atoms with Crippen molar-refractivity contribution in [3.63, 3.8) is 0 Å². The lowest BCUT2D eigenvalue weighted by molar-refractivity contribution is -0.108. The van der Waals surface area contributed by atoms with E-state index in [4.69, 9.17) is 10.5 Å².